The monoisotopic (exact) mass is 263 g/mol. The zero-order valence-electron chi connectivity index (χ0n) is 10.4. The summed E-state index contributed by atoms with van der Waals surface area (Å²) in [4.78, 5) is 11.5. The maximum Gasteiger partial charge on any atom is 0.217 e. The number of nitrogens with zero attached hydrogens (tertiary/aromatic N) is 1. The van der Waals surface area contributed by atoms with Crippen molar-refractivity contribution in [3.05, 3.63) is 23.8 Å². The number of anilines is 1. The van der Waals surface area contributed by atoms with Gasteiger partial charge in [0.1, 0.15) is 6.07 Å². The molecule has 18 heavy (non-hydrogen) atoms. The van der Waals surface area contributed by atoms with Crippen LogP contribution in [-0.2, 0) is 4.79 Å². The molecule has 5 heteroatoms. The van der Waals surface area contributed by atoms with Crippen LogP contribution in [-0.4, -0.2) is 18.7 Å². The number of amides is 1. The molecule has 1 aromatic carbocycles. The highest BCUT2D eigenvalue weighted by Gasteiger charge is 2.06. The lowest BCUT2D eigenvalue weighted by molar-refractivity contribution is -0.118. The van der Waals surface area contributed by atoms with Crippen LogP contribution in [0.4, 0.5) is 5.69 Å². The minimum absolute atomic E-state index is 0.267. The van der Waals surface area contributed by atoms with Crippen molar-refractivity contribution in [1.82, 2.24) is 0 Å². The molecule has 0 saturated carbocycles. The van der Waals surface area contributed by atoms with Gasteiger partial charge in [0.2, 0.25) is 5.91 Å². The Kier molecular flexibility index (Phi) is 6.09. The molecule has 4 nitrogen and oxygen atoms in total. The van der Waals surface area contributed by atoms with Crippen LogP contribution in [0, 0.1) is 11.3 Å². The summed E-state index contributed by atoms with van der Waals surface area (Å²) in [6, 6.07) is 7.97. The van der Waals surface area contributed by atoms with Crippen LogP contribution in [0.15, 0.2) is 23.1 Å². The highest BCUT2D eigenvalue weighted by atomic mass is 32.2. The molecule has 96 valence electrons. The van der Waals surface area contributed by atoms with Gasteiger partial charge in [0.25, 0.3) is 0 Å². The van der Waals surface area contributed by atoms with E-state index in [1.807, 2.05) is 24.5 Å². The molecule has 1 aromatic rings. The Morgan fingerprint density at radius 2 is 2.28 bits per heavy atom. The number of nitrogens with one attached hydrogen (secondary N) is 1. The summed E-state index contributed by atoms with van der Waals surface area (Å²) in [5.41, 5.74) is 6.60. The fourth-order valence-electron chi connectivity index (χ4n) is 1.61. The van der Waals surface area contributed by atoms with Gasteiger partial charge in [-0.1, -0.05) is 6.07 Å². The number of nitrogens with two attached hydrogens (primary N) is 1. The van der Waals surface area contributed by atoms with Crippen molar-refractivity contribution in [1.29, 1.82) is 5.26 Å². The molecule has 0 bridgehead atoms. The molecule has 0 aliphatic rings. The SMILES string of the molecule is CSc1cccc(NCCCCC(N)=O)c1C#N. The number of benzene rings is 1. The topological polar surface area (TPSA) is 78.9 Å². The van der Waals surface area contributed by atoms with Crippen LogP contribution in [0.2, 0.25) is 0 Å². The van der Waals surface area contributed by atoms with E-state index in [9.17, 15) is 4.79 Å². The Bertz CT molecular complexity index is 454. The number of carbonyl (C=O) groups excluding carboxylic acids is 1. The van der Waals surface area contributed by atoms with E-state index in [0.717, 1.165) is 30.0 Å². The van der Waals surface area contributed by atoms with Gasteiger partial charge in [-0.15, -0.1) is 11.8 Å². The average molecular weight is 263 g/mol. The van der Waals surface area contributed by atoms with Gasteiger partial charge in [-0.25, -0.2) is 0 Å². The molecule has 0 heterocycles. The number of primary amides is 1. The Balaban J connectivity index is 2.52. The van der Waals surface area contributed by atoms with E-state index in [1.165, 1.54) is 0 Å². The van der Waals surface area contributed by atoms with Gasteiger partial charge in [-0.2, -0.15) is 5.26 Å². The lowest BCUT2D eigenvalue weighted by atomic mass is 10.2. The van der Waals surface area contributed by atoms with E-state index in [4.69, 9.17) is 11.0 Å². The summed E-state index contributed by atoms with van der Waals surface area (Å²) in [5.74, 6) is -0.267. The van der Waals surface area contributed by atoms with Crippen LogP contribution in [0.3, 0.4) is 0 Å². The highest BCUT2D eigenvalue weighted by Crippen LogP contribution is 2.26. The first kappa shape index (κ1) is 14.4. The Hall–Kier alpha value is -1.67. The van der Waals surface area contributed by atoms with Gasteiger partial charge in [0.05, 0.1) is 11.3 Å². The van der Waals surface area contributed by atoms with Gasteiger partial charge in [-0.3, -0.25) is 4.79 Å². The van der Waals surface area contributed by atoms with E-state index in [1.54, 1.807) is 11.8 Å². The molecule has 0 aromatic heterocycles. The van der Waals surface area contributed by atoms with Gasteiger partial charge < -0.3 is 11.1 Å². The predicted octanol–water partition coefficient (Wildman–Crippen LogP) is 2.35. The minimum Gasteiger partial charge on any atom is -0.384 e. The van der Waals surface area contributed by atoms with Gasteiger partial charge in [-0.05, 0) is 31.2 Å². The van der Waals surface area contributed by atoms with Crippen LogP contribution in [0.1, 0.15) is 24.8 Å². The summed E-state index contributed by atoms with van der Waals surface area (Å²) >= 11 is 1.56. The average Bonchev–Trinajstić information content (AvgIpc) is 2.37. The Morgan fingerprint density at radius 1 is 1.50 bits per heavy atom. The molecule has 0 aliphatic carbocycles. The van der Waals surface area contributed by atoms with Crippen LogP contribution in [0.5, 0.6) is 0 Å². The van der Waals surface area contributed by atoms with E-state index >= 15 is 0 Å². The van der Waals surface area contributed by atoms with E-state index in [2.05, 4.69) is 11.4 Å². The third kappa shape index (κ3) is 4.30. The third-order valence-electron chi connectivity index (χ3n) is 2.52. The first-order valence-corrected chi connectivity index (χ1v) is 7.00. The van der Waals surface area contributed by atoms with Crippen molar-refractivity contribution in [2.45, 2.75) is 24.2 Å². The summed E-state index contributed by atoms with van der Waals surface area (Å²) < 4.78 is 0. The fraction of sp³-hybridized carbons (Fsp3) is 0.385. The van der Waals surface area contributed by atoms with E-state index < -0.39 is 0 Å². The first-order chi connectivity index (χ1) is 8.69. The summed E-state index contributed by atoms with van der Waals surface area (Å²) in [5, 5.41) is 12.4. The summed E-state index contributed by atoms with van der Waals surface area (Å²) in [6.45, 7) is 0.736. The van der Waals surface area contributed by atoms with Crippen molar-refractivity contribution in [2.75, 3.05) is 18.1 Å². The number of carbonyl (C=O) groups is 1. The molecule has 0 saturated heterocycles. The number of nitriles is 1. The quantitative estimate of drug-likeness (QED) is 0.584. The Morgan fingerprint density at radius 3 is 2.89 bits per heavy atom. The highest BCUT2D eigenvalue weighted by molar-refractivity contribution is 7.98. The predicted molar refractivity (Wildman–Crippen MR) is 74.5 cm³/mol. The normalized spacial score (nSPS) is 9.78. The van der Waals surface area contributed by atoms with Crippen molar-refractivity contribution in [2.24, 2.45) is 5.73 Å². The van der Waals surface area contributed by atoms with Crippen molar-refractivity contribution >= 4 is 23.4 Å². The maximum atomic E-state index is 10.6. The molecule has 0 radical (unpaired) electrons. The van der Waals surface area contributed by atoms with Gasteiger partial charge in [0.15, 0.2) is 0 Å². The number of rotatable bonds is 7. The zero-order chi connectivity index (χ0) is 13.4. The molecule has 0 aliphatic heterocycles. The molecule has 0 fully saturated rings. The second kappa shape index (κ2) is 7.62. The Labute approximate surface area is 112 Å². The smallest absolute Gasteiger partial charge is 0.217 e. The lowest BCUT2D eigenvalue weighted by Crippen LogP contribution is -2.11. The van der Waals surface area contributed by atoms with E-state index in [0.29, 0.717) is 12.0 Å². The molecule has 0 atom stereocenters. The summed E-state index contributed by atoms with van der Waals surface area (Å²) in [6.07, 6.45) is 3.99. The number of unbranched alkanes of at least 4 members (excludes halogenated alkanes) is 1. The van der Waals surface area contributed by atoms with E-state index in [-0.39, 0.29) is 5.91 Å². The maximum absolute atomic E-state index is 10.6. The molecule has 1 rings (SSSR count). The standard InChI is InChI=1S/C13H17N3OS/c1-18-12-6-4-5-11(10(12)9-14)16-8-3-2-7-13(15)17/h4-6,16H,2-3,7-8H2,1H3,(H2,15,17). The minimum atomic E-state index is -0.267. The largest absolute Gasteiger partial charge is 0.384 e. The molecular weight excluding hydrogens is 246 g/mol. The van der Waals surface area contributed by atoms with Gasteiger partial charge in [0, 0.05) is 17.9 Å². The number of thioether (sulfide) groups is 1. The molecular formula is C13H17N3OS. The molecule has 3 N–H and O–H groups in total. The van der Waals surface area contributed by atoms with Crippen LogP contribution >= 0.6 is 11.8 Å². The van der Waals surface area contributed by atoms with Crippen LogP contribution < -0.4 is 11.1 Å². The second-order valence-corrected chi connectivity index (χ2v) is 4.69. The van der Waals surface area contributed by atoms with Crippen molar-refractivity contribution < 1.29 is 4.79 Å². The molecule has 1 amide bonds. The molecule has 0 spiro atoms. The number of hydrogen-bond donors (Lipinski definition) is 2. The van der Waals surface area contributed by atoms with Crippen LogP contribution in [0.25, 0.3) is 0 Å². The lowest BCUT2D eigenvalue weighted by Gasteiger charge is -2.10. The first-order valence-electron chi connectivity index (χ1n) is 5.78. The third-order valence-corrected chi connectivity index (χ3v) is 3.30. The second-order valence-electron chi connectivity index (χ2n) is 3.84. The van der Waals surface area contributed by atoms with Crippen molar-refractivity contribution in [3.8, 4) is 6.07 Å². The summed E-state index contributed by atoms with van der Waals surface area (Å²) in [7, 11) is 0. The molecule has 0 unspecified atom stereocenters. The fourth-order valence-corrected chi connectivity index (χ4v) is 2.19. The number of hydrogen-bond acceptors (Lipinski definition) is 4. The van der Waals surface area contributed by atoms with Gasteiger partial charge >= 0.3 is 0 Å². The van der Waals surface area contributed by atoms with Crippen molar-refractivity contribution in [3.63, 3.8) is 0 Å². The zero-order valence-corrected chi connectivity index (χ0v) is 11.2.